The van der Waals surface area contributed by atoms with Crippen LogP contribution >= 0.6 is 0 Å². The lowest BCUT2D eigenvalue weighted by atomic mass is 10.0. The third-order valence-electron chi connectivity index (χ3n) is 3.50. The van der Waals surface area contributed by atoms with Crippen molar-refractivity contribution in [3.8, 4) is 0 Å². The number of rotatable bonds is 8. The molecule has 1 aliphatic rings. The first-order chi connectivity index (χ1) is 9.43. The molecule has 0 radical (unpaired) electrons. The molecular weight excluding hydrogens is 284 g/mol. The van der Waals surface area contributed by atoms with Gasteiger partial charge in [0.05, 0.1) is 12.5 Å². The number of aliphatic hydroxyl groups excluding tert-OH is 1. The van der Waals surface area contributed by atoms with E-state index < -0.39 is 22.1 Å². The summed E-state index contributed by atoms with van der Waals surface area (Å²) in [6, 6.07) is 0. The highest BCUT2D eigenvalue weighted by molar-refractivity contribution is 7.86. The Bertz CT molecular complexity index is 412. The van der Waals surface area contributed by atoms with Crippen molar-refractivity contribution >= 4 is 16.2 Å². The minimum absolute atomic E-state index is 0.0196. The first-order valence-electron chi connectivity index (χ1n) is 7.02. The average Bonchev–Trinajstić information content (AvgIpc) is 2.43. The standard InChI is InChI=1S/C12H24N2O5S/c1-2-3-6-13(8-9-15)20(18,19)14-7-4-5-11(10-14)12(16)17/h11,15H,2-10H2,1H3,(H,16,17). The number of carboxylic acids is 1. The molecule has 1 unspecified atom stereocenters. The van der Waals surface area contributed by atoms with E-state index in [0.29, 0.717) is 25.9 Å². The van der Waals surface area contributed by atoms with Gasteiger partial charge in [-0.3, -0.25) is 4.79 Å². The summed E-state index contributed by atoms with van der Waals surface area (Å²) in [5, 5.41) is 18.0. The van der Waals surface area contributed by atoms with E-state index in [1.807, 2.05) is 6.92 Å². The van der Waals surface area contributed by atoms with Crippen LogP contribution in [0.5, 0.6) is 0 Å². The van der Waals surface area contributed by atoms with Crippen molar-refractivity contribution in [1.82, 2.24) is 8.61 Å². The van der Waals surface area contributed by atoms with Gasteiger partial charge >= 0.3 is 5.97 Å². The Balaban J connectivity index is 2.80. The Kier molecular flexibility index (Phi) is 6.87. The molecule has 2 N–H and O–H groups in total. The van der Waals surface area contributed by atoms with Gasteiger partial charge in [-0.15, -0.1) is 0 Å². The van der Waals surface area contributed by atoms with Crippen molar-refractivity contribution in [3.63, 3.8) is 0 Å². The fraction of sp³-hybridized carbons (Fsp3) is 0.917. The van der Waals surface area contributed by atoms with Gasteiger partial charge in [-0.25, -0.2) is 0 Å². The Labute approximate surface area is 120 Å². The first kappa shape index (κ1) is 17.4. The van der Waals surface area contributed by atoms with Crippen molar-refractivity contribution in [2.45, 2.75) is 32.6 Å². The molecule has 0 aromatic heterocycles. The highest BCUT2D eigenvalue weighted by Crippen LogP contribution is 2.21. The van der Waals surface area contributed by atoms with Gasteiger partial charge in [-0.05, 0) is 19.3 Å². The number of hydrogen-bond acceptors (Lipinski definition) is 4. The Morgan fingerprint density at radius 2 is 2.10 bits per heavy atom. The molecule has 0 saturated carbocycles. The second-order valence-corrected chi connectivity index (χ2v) is 6.95. The first-order valence-corrected chi connectivity index (χ1v) is 8.42. The summed E-state index contributed by atoms with van der Waals surface area (Å²) in [5.74, 6) is -1.59. The Morgan fingerprint density at radius 1 is 1.40 bits per heavy atom. The molecule has 1 atom stereocenters. The Hall–Kier alpha value is -0.700. The molecule has 118 valence electrons. The number of carbonyl (C=O) groups is 1. The van der Waals surface area contributed by atoms with Gasteiger partial charge in [0.1, 0.15) is 0 Å². The molecule has 0 amide bonds. The van der Waals surface area contributed by atoms with Crippen LogP contribution in [0.2, 0.25) is 0 Å². The second kappa shape index (κ2) is 7.92. The molecule has 7 nitrogen and oxygen atoms in total. The average molecular weight is 308 g/mol. The van der Waals surface area contributed by atoms with Crippen LogP contribution in [-0.4, -0.2) is 66.0 Å². The smallest absolute Gasteiger partial charge is 0.307 e. The summed E-state index contributed by atoms with van der Waals surface area (Å²) in [6.07, 6.45) is 2.64. The number of carboxylic acid groups (broad SMARTS) is 1. The van der Waals surface area contributed by atoms with E-state index in [1.54, 1.807) is 0 Å². The summed E-state index contributed by atoms with van der Waals surface area (Å²) in [6.45, 7) is 2.50. The van der Waals surface area contributed by atoms with Crippen LogP contribution < -0.4 is 0 Å². The van der Waals surface area contributed by atoms with E-state index in [4.69, 9.17) is 10.2 Å². The summed E-state index contributed by atoms with van der Waals surface area (Å²) in [5.41, 5.74) is 0. The third-order valence-corrected chi connectivity index (χ3v) is 5.50. The topological polar surface area (TPSA) is 98.2 Å². The van der Waals surface area contributed by atoms with Gasteiger partial charge in [0, 0.05) is 26.2 Å². The van der Waals surface area contributed by atoms with E-state index in [-0.39, 0.29) is 19.7 Å². The number of aliphatic carboxylic acids is 1. The SMILES string of the molecule is CCCCN(CCO)S(=O)(=O)N1CCCC(C(=O)O)C1. The fourth-order valence-corrected chi connectivity index (χ4v) is 4.03. The zero-order valence-corrected chi connectivity index (χ0v) is 12.7. The van der Waals surface area contributed by atoms with Gasteiger partial charge < -0.3 is 10.2 Å². The second-order valence-electron chi connectivity index (χ2n) is 5.02. The summed E-state index contributed by atoms with van der Waals surface area (Å²) in [4.78, 5) is 11.0. The third kappa shape index (κ3) is 4.41. The highest BCUT2D eigenvalue weighted by Gasteiger charge is 2.35. The van der Waals surface area contributed by atoms with Crippen LogP contribution in [0.1, 0.15) is 32.6 Å². The van der Waals surface area contributed by atoms with Crippen LogP contribution in [0.25, 0.3) is 0 Å². The minimum atomic E-state index is -3.68. The van der Waals surface area contributed by atoms with Crippen molar-refractivity contribution in [1.29, 1.82) is 0 Å². The lowest BCUT2D eigenvalue weighted by Gasteiger charge is -2.34. The van der Waals surface area contributed by atoms with Gasteiger partial charge in [0.25, 0.3) is 10.2 Å². The number of unbranched alkanes of at least 4 members (excludes halogenated alkanes) is 1. The van der Waals surface area contributed by atoms with E-state index in [1.165, 1.54) is 8.61 Å². The van der Waals surface area contributed by atoms with Crippen LogP contribution in [0.4, 0.5) is 0 Å². The molecule has 0 bridgehead atoms. The van der Waals surface area contributed by atoms with Gasteiger partial charge in [0.15, 0.2) is 0 Å². The summed E-state index contributed by atoms with van der Waals surface area (Å²) in [7, 11) is -3.68. The predicted molar refractivity (Wildman–Crippen MR) is 74.4 cm³/mol. The number of piperidine rings is 1. The maximum Gasteiger partial charge on any atom is 0.307 e. The van der Waals surface area contributed by atoms with E-state index in [0.717, 1.165) is 12.8 Å². The van der Waals surface area contributed by atoms with Crippen LogP contribution in [-0.2, 0) is 15.0 Å². The zero-order valence-electron chi connectivity index (χ0n) is 11.9. The minimum Gasteiger partial charge on any atom is -0.481 e. The van der Waals surface area contributed by atoms with Gasteiger partial charge in [-0.2, -0.15) is 17.0 Å². The number of aliphatic hydroxyl groups is 1. The molecular formula is C12H24N2O5S. The van der Waals surface area contributed by atoms with Crippen molar-refractivity contribution < 1.29 is 23.4 Å². The molecule has 1 heterocycles. The molecule has 20 heavy (non-hydrogen) atoms. The summed E-state index contributed by atoms with van der Waals surface area (Å²) < 4.78 is 27.5. The molecule has 1 aliphatic heterocycles. The Morgan fingerprint density at radius 3 is 2.65 bits per heavy atom. The van der Waals surface area contributed by atoms with E-state index in [9.17, 15) is 13.2 Å². The molecule has 0 aromatic carbocycles. The normalized spacial score (nSPS) is 21.2. The van der Waals surface area contributed by atoms with Crippen LogP contribution in [0.3, 0.4) is 0 Å². The molecule has 0 spiro atoms. The maximum absolute atomic E-state index is 12.5. The van der Waals surface area contributed by atoms with Crippen LogP contribution in [0, 0.1) is 5.92 Å². The van der Waals surface area contributed by atoms with E-state index in [2.05, 4.69) is 0 Å². The molecule has 0 aromatic rings. The zero-order chi connectivity index (χ0) is 15.2. The fourth-order valence-electron chi connectivity index (χ4n) is 2.31. The number of hydrogen-bond donors (Lipinski definition) is 2. The molecule has 0 aliphatic carbocycles. The molecule has 8 heteroatoms. The predicted octanol–water partition coefficient (Wildman–Crippen LogP) is 0.122. The van der Waals surface area contributed by atoms with Gasteiger partial charge in [0.2, 0.25) is 0 Å². The quantitative estimate of drug-likeness (QED) is 0.664. The molecule has 1 rings (SSSR count). The lowest BCUT2D eigenvalue weighted by Crippen LogP contribution is -2.50. The van der Waals surface area contributed by atoms with E-state index >= 15 is 0 Å². The van der Waals surface area contributed by atoms with Crippen molar-refractivity contribution in [2.75, 3.05) is 32.8 Å². The molecule has 1 fully saturated rings. The highest BCUT2D eigenvalue weighted by atomic mass is 32.2. The largest absolute Gasteiger partial charge is 0.481 e. The maximum atomic E-state index is 12.5. The van der Waals surface area contributed by atoms with Gasteiger partial charge in [-0.1, -0.05) is 13.3 Å². The van der Waals surface area contributed by atoms with Crippen molar-refractivity contribution in [3.05, 3.63) is 0 Å². The number of nitrogens with zero attached hydrogens (tertiary/aromatic N) is 2. The lowest BCUT2D eigenvalue weighted by molar-refractivity contribution is -0.142. The summed E-state index contributed by atoms with van der Waals surface area (Å²) >= 11 is 0. The van der Waals surface area contributed by atoms with Crippen LogP contribution in [0.15, 0.2) is 0 Å². The molecule has 1 saturated heterocycles. The monoisotopic (exact) mass is 308 g/mol. The van der Waals surface area contributed by atoms with Crippen molar-refractivity contribution in [2.24, 2.45) is 5.92 Å².